The third-order valence-electron chi connectivity index (χ3n) is 3.84. The maximum Gasteiger partial charge on any atom is 0.231 e. The third-order valence-corrected chi connectivity index (χ3v) is 4.31. The smallest absolute Gasteiger partial charge is 0.231 e. The van der Waals surface area contributed by atoms with Crippen LogP contribution < -0.4 is 14.4 Å². The lowest BCUT2D eigenvalue weighted by Gasteiger charge is -2.31. The molecule has 0 atom stereocenters. The fourth-order valence-electron chi connectivity index (χ4n) is 2.72. The molecule has 0 unspecified atom stereocenters. The molecule has 2 aromatic carbocycles. The molecule has 4 nitrogen and oxygen atoms in total. The molecule has 6 heteroatoms. The van der Waals surface area contributed by atoms with Gasteiger partial charge >= 0.3 is 0 Å². The highest BCUT2D eigenvalue weighted by Crippen LogP contribution is 2.42. The van der Waals surface area contributed by atoms with Gasteiger partial charge in [0.1, 0.15) is 11.5 Å². The summed E-state index contributed by atoms with van der Waals surface area (Å²) in [4.78, 5) is 4.32. The summed E-state index contributed by atoms with van der Waals surface area (Å²) in [6, 6.07) is 11.2. The summed E-state index contributed by atoms with van der Waals surface area (Å²) in [6.45, 7) is 1.92. The van der Waals surface area contributed by atoms with Crippen molar-refractivity contribution < 1.29 is 9.47 Å². The van der Waals surface area contributed by atoms with Crippen LogP contribution in [0.2, 0.25) is 10.0 Å². The van der Waals surface area contributed by atoms with Gasteiger partial charge in [0, 0.05) is 16.6 Å². The second-order valence-corrected chi connectivity index (χ2v) is 6.81. The lowest BCUT2D eigenvalue weighted by molar-refractivity contribution is 0.119. The van der Waals surface area contributed by atoms with Gasteiger partial charge in [0.05, 0.1) is 11.4 Å². The van der Waals surface area contributed by atoms with Gasteiger partial charge in [-0.15, -0.1) is 0 Å². The van der Waals surface area contributed by atoms with E-state index in [4.69, 9.17) is 32.7 Å². The molecule has 0 aromatic heterocycles. The van der Waals surface area contributed by atoms with E-state index >= 15 is 0 Å². The van der Waals surface area contributed by atoms with E-state index in [0.717, 1.165) is 42.4 Å². The van der Waals surface area contributed by atoms with Crippen LogP contribution in [0.4, 0.5) is 11.4 Å². The highest BCUT2D eigenvalue weighted by molar-refractivity contribution is 6.31. The quantitative estimate of drug-likeness (QED) is 0.774. The van der Waals surface area contributed by atoms with Gasteiger partial charge in [0.2, 0.25) is 6.79 Å². The number of halogens is 2. The van der Waals surface area contributed by atoms with Crippen molar-refractivity contribution in [1.82, 2.24) is 4.90 Å². The molecule has 0 spiro atoms. The molecule has 1 heterocycles. The molecule has 0 radical (unpaired) electrons. The Balaban J connectivity index is 2.04. The lowest BCUT2D eigenvalue weighted by Crippen LogP contribution is -2.26. The van der Waals surface area contributed by atoms with Crippen LogP contribution in [0.25, 0.3) is 0 Å². The monoisotopic (exact) mass is 366 g/mol. The Kier molecular flexibility index (Phi) is 5.39. The van der Waals surface area contributed by atoms with Gasteiger partial charge in [-0.2, -0.15) is 0 Å². The number of hydrogen-bond donors (Lipinski definition) is 0. The Morgan fingerprint density at radius 2 is 1.50 bits per heavy atom. The van der Waals surface area contributed by atoms with E-state index in [2.05, 4.69) is 23.9 Å². The van der Waals surface area contributed by atoms with Crippen LogP contribution in [0, 0.1) is 0 Å². The highest BCUT2D eigenvalue weighted by atomic mass is 35.5. The molecule has 2 aromatic rings. The number of hydrogen-bond acceptors (Lipinski definition) is 4. The molecule has 3 rings (SSSR count). The first kappa shape index (κ1) is 17.2. The van der Waals surface area contributed by atoms with E-state index in [1.54, 1.807) is 0 Å². The summed E-state index contributed by atoms with van der Waals surface area (Å²) in [5.41, 5.74) is 1.85. The Morgan fingerprint density at radius 3 is 2.00 bits per heavy atom. The van der Waals surface area contributed by atoms with E-state index in [9.17, 15) is 0 Å². The highest BCUT2D eigenvalue weighted by Gasteiger charge is 2.21. The predicted octanol–water partition coefficient (Wildman–Crippen LogP) is 4.81. The lowest BCUT2D eigenvalue weighted by atomic mass is 10.2. The zero-order chi connectivity index (χ0) is 17.1. The van der Waals surface area contributed by atoms with Crippen molar-refractivity contribution in [3.8, 4) is 11.5 Å². The van der Waals surface area contributed by atoms with Gasteiger partial charge in [-0.05, 0) is 63.5 Å². The van der Waals surface area contributed by atoms with Crippen molar-refractivity contribution in [3.63, 3.8) is 0 Å². The van der Waals surface area contributed by atoms with Crippen molar-refractivity contribution >= 4 is 34.6 Å². The summed E-state index contributed by atoms with van der Waals surface area (Å²) in [5, 5.41) is 1.33. The van der Waals surface area contributed by atoms with Crippen LogP contribution in [0.5, 0.6) is 11.5 Å². The molecule has 0 aliphatic carbocycles. The predicted molar refractivity (Wildman–Crippen MR) is 99.2 cm³/mol. The molecule has 1 aliphatic heterocycles. The zero-order valence-electron chi connectivity index (χ0n) is 13.8. The van der Waals surface area contributed by atoms with E-state index in [-0.39, 0.29) is 6.79 Å². The molecule has 0 saturated carbocycles. The first-order valence-electron chi connectivity index (χ1n) is 7.81. The van der Waals surface area contributed by atoms with Gasteiger partial charge in [-0.1, -0.05) is 23.2 Å². The molecular weight excluding hydrogens is 347 g/mol. The van der Waals surface area contributed by atoms with Gasteiger partial charge < -0.3 is 19.3 Å². The number of rotatable bonds is 4. The number of anilines is 2. The normalized spacial score (nSPS) is 13.5. The Bertz CT molecular complexity index is 669. The zero-order valence-corrected chi connectivity index (χ0v) is 15.3. The van der Waals surface area contributed by atoms with Crippen LogP contribution in [0.1, 0.15) is 6.42 Å². The maximum absolute atomic E-state index is 6.23. The molecule has 128 valence electrons. The van der Waals surface area contributed by atoms with Crippen LogP contribution >= 0.6 is 23.2 Å². The maximum atomic E-state index is 6.23. The summed E-state index contributed by atoms with van der Waals surface area (Å²) >= 11 is 12.5. The summed E-state index contributed by atoms with van der Waals surface area (Å²) < 4.78 is 11.5. The Labute approximate surface area is 152 Å². The molecule has 24 heavy (non-hydrogen) atoms. The van der Waals surface area contributed by atoms with Gasteiger partial charge in [0.25, 0.3) is 0 Å². The van der Waals surface area contributed by atoms with Crippen molar-refractivity contribution in [2.24, 2.45) is 0 Å². The minimum absolute atomic E-state index is 0.148. The van der Waals surface area contributed by atoms with Crippen molar-refractivity contribution in [1.29, 1.82) is 0 Å². The molecule has 0 saturated heterocycles. The van der Waals surface area contributed by atoms with Crippen LogP contribution in [-0.4, -0.2) is 38.9 Å². The van der Waals surface area contributed by atoms with Gasteiger partial charge in [0.15, 0.2) is 0 Å². The fraction of sp³-hybridized carbons (Fsp3) is 0.333. The Morgan fingerprint density at radius 1 is 0.958 bits per heavy atom. The van der Waals surface area contributed by atoms with E-state index in [0.29, 0.717) is 10.0 Å². The van der Waals surface area contributed by atoms with Crippen molar-refractivity contribution in [2.45, 2.75) is 6.42 Å². The first-order valence-corrected chi connectivity index (χ1v) is 8.57. The second kappa shape index (κ2) is 7.51. The van der Waals surface area contributed by atoms with Crippen LogP contribution in [-0.2, 0) is 0 Å². The van der Waals surface area contributed by atoms with Crippen LogP contribution in [0.15, 0.2) is 36.4 Å². The topological polar surface area (TPSA) is 24.9 Å². The van der Waals surface area contributed by atoms with Crippen molar-refractivity contribution in [2.75, 3.05) is 38.9 Å². The molecule has 0 fully saturated rings. The van der Waals surface area contributed by atoms with E-state index in [1.807, 2.05) is 36.4 Å². The minimum atomic E-state index is 0.148. The van der Waals surface area contributed by atoms with E-state index < -0.39 is 0 Å². The summed E-state index contributed by atoms with van der Waals surface area (Å²) in [7, 11) is 4.13. The Hall–Kier alpha value is -1.62. The standard InChI is InChI=1S/C18H20Cl2N2O2/c1-21(2)8-3-9-22-15-10-13(19)4-6-17(15)23-12-24-18-7-5-14(20)11-16(18)22/h4-7,10-11H,3,8-9,12H2,1-2H3. The molecular formula is C18H20Cl2N2O2. The van der Waals surface area contributed by atoms with E-state index in [1.165, 1.54) is 0 Å². The largest absolute Gasteiger partial charge is 0.455 e. The van der Waals surface area contributed by atoms with Gasteiger partial charge in [-0.3, -0.25) is 0 Å². The molecule has 0 bridgehead atoms. The minimum Gasteiger partial charge on any atom is -0.455 e. The SMILES string of the molecule is CN(C)CCCN1c2cc(Cl)ccc2OCOc2ccc(Cl)cc21. The van der Waals surface area contributed by atoms with Gasteiger partial charge in [-0.25, -0.2) is 0 Å². The van der Waals surface area contributed by atoms with Crippen molar-refractivity contribution in [3.05, 3.63) is 46.4 Å². The number of ether oxygens (including phenoxy) is 2. The number of benzene rings is 2. The van der Waals surface area contributed by atoms with Crippen LogP contribution in [0.3, 0.4) is 0 Å². The second-order valence-electron chi connectivity index (χ2n) is 5.94. The average Bonchev–Trinajstić information content (AvgIpc) is 2.53. The third kappa shape index (κ3) is 3.89. The summed E-state index contributed by atoms with van der Waals surface area (Å²) in [6.07, 6.45) is 0.977. The molecule has 1 aliphatic rings. The molecule has 0 amide bonds. The number of nitrogens with zero attached hydrogens (tertiary/aromatic N) is 2. The number of fused-ring (bicyclic) bond motifs is 2. The first-order chi connectivity index (χ1) is 11.5. The molecule has 0 N–H and O–H groups in total. The average molecular weight is 367 g/mol. The fourth-order valence-corrected chi connectivity index (χ4v) is 3.05. The summed E-state index contributed by atoms with van der Waals surface area (Å²) in [5.74, 6) is 1.49.